The summed E-state index contributed by atoms with van der Waals surface area (Å²) in [7, 11) is -2.03. The molecule has 1 aliphatic heterocycles. The smallest absolute Gasteiger partial charge is 0.163 e. The lowest BCUT2D eigenvalue weighted by Gasteiger charge is -2.28. The second kappa shape index (κ2) is 8.17. The first kappa shape index (κ1) is 18.1. The van der Waals surface area contributed by atoms with Crippen LogP contribution >= 0.6 is 7.26 Å². The molecule has 0 radical (unpaired) electrons. The predicted octanol–water partition coefficient (Wildman–Crippen LogP) is 4.52. The van der Waals surface area contributed by atoms with Crippen LogP contribution in [0.2, 0.25) is 0 Å². The zero-order valence-electron chi connectivity index (χ0n) is 17.5. The van der Waals surface area contributed by atoms with Gasteiger partial charge in [-0.1, -0.05) is 54.6 Å². The summed E-state index contributed by atoms with van der Waals surface area (Å²) < 4.78 is 20.9. The van der Waals surface area contributed by atoms with Crippen molar-refractivity contribution in [3.8, 4) is 0 Å². The number of benzene rings is 3. The molecule has 0 unspecified atom stereocenters. The molecule has 0 aromatic heterocycles. The van der Waals surface area contributed by atoms with E-state index in [9.17, 15) is 0 Å². The van der Waals surface area contributed by atoms with Crippen LogP contribution in [0.5, 0.6) is 0 Å². The average molecular weight is 392 g/mol. The molecule has 1 aliphatic rings. The first-order valence-electron chi connectivity index (χ1n) is 10.4. The molecule has 144 valence electrons. The monoisotopic (exact) mass is 392 g/mol. The van der Waals surface area contributed by atoms with Gasteiger partial charge in [-0.05, 0) is 50.2 Å². The molecule has 0 amide bonds. The van der Waals surface area contributed by atoms with Gasteiger partial charge in [0, 0.05) is 7.77 Å². The molecule has 1 heterocycles. The Bertz CT molecular complexity index is 819. The van der Waals surface area contributed by atoms with Gasteiger partial charge in [-0.2, -0.15) is 0 Å². The Balaban J connectivity index is 1.84. The first-order chi connectivity index (χ1) is 14.0. The lowest BCUT2D eigenvalue weighted by molar-refractivity contribution is -0.138. The van der Waals surface area contributed by atoms with Crippen molar-refractivity contribution in [3.05, 3.63) is 91.0 Å². The molecule has 3 aromatic rings. The molecule has 0 N–H and O–H groups in total. The number of hydrogen-bond donors (Lipinski definition) is 0. The highest BCUT2D eigenvalue weighted by Gasteiger charge is 2.46. The van der Waals surface area contributed by atoms with Crippen molar-refractivity contribution in [3.63, 3.8) is 0 Å². The van der Waals surface area contributed by atoms with E-state index in [0.29, 0.717) is 6.61 Å². The van der Waals surface area contributed by atoms with E-state index in [0.717, 1.165) is 6.16 Å². The summed E-state index contributed by atoms with van der Waals surface area (Å²) in [5.41, 5.74) is 0. The van der Waals surface area contributed by atoms with Crippen LogP contribution in [0.4, 0.5) is 0 Å². The fraction of sp³-hybridized carbons (Fsp3) is 0.280. The molecule has 3 heteroatoms. The Kier molecular flexibility index (Phi) is 5.27. The summed E-state index contributed by atoms with van der Waals surface area (Å²) >= 11 is 0. The lowest BCUT2D eigenvalue weighted by atomic mass is 10.3. The molecule has 0 spiro atoms. The van der Waals surface area contributed by atoms with Crippen LogP contribution in [0.3, 0.4) is 0 Å². The van der Waals surface area contributed by atoms with E-state index in [4.69, 9.17) is 10.8 Å². The van der Waals surface area contributed by atoms with Crippen LogP contribution in [-0.2, 0) is 9.47 Å². The van der Waals surface area contributed by atoms with E-state index in [2.05, 4.69) is 91.0 Å². The van der Waals surface area contributed by atoms with Gasteiger partial charge in [-0.3, -0.25) is 0 Å². The SMILES string of the molecule is [2H][C@@H](C[P+](c1ccccc1)(c1ccccc1)c1ccccc1)[C@@H]1COC(C)(C)O1. The fourth-order valence-electron chi connectivity index (χ4n) is 3.92. The van der Waals surface area contributed by atoms with Crippen LogP contribution in [0, 0.1) is 0 Å². The molecule has 0 bridgehead atoms. The molecule has 1 saturated heterocycles. The highest BCUT2D eigenvalue weighted by atomic mass is 31.2. The third-order valence-corrected chi connectivity index (χ3v) is 9.56. The molecule has 28 heavy (non-hydrogen) atoms. The summed E-state index contributed by atoms with van der Waals surface area (Å²) in [5.74, 6) is -0.614. The third-order valence-electron chi connectivity index (χ3n) is 5.26. The van der Waals surface area contributed by atoms with Crippen molar-refractivity contribution in [1.29, 1.82) is 0 Å². The van der Waals surface area contributed by atoms with E-state index < -0.39 is 13.0 Å². The van der Waals surface area contributed by atoms with E-state index in [1.54, 1.807) is 0 Å². The summed E-state index contributed by atoms with van der Waals surface area (Å²) in [6.45, 7) is 4.32. The van der Waals surface area contributed by atoms with Crippen LogP contribution in [-0.4, -0.2) is 24.7 Å². The maximum atomic E-state index is 9.07. The minimum atomic E-state index is -2.03. The lowest BCUT2D eigenvalue weighted by Crippen LogP contribution is -2.34. The van der Waals surface area contributed by atoms with Gasteiger partial charge in [-0.25, -0.2) is 0 Å². The third kappa shape index (κ3) is 3.91. The van der Waals surface area contributed by atoms with Crippen LogP contribution in [0.15, 0.2) is 91.0 Å². The Morgan fingerprint density at radius 1 is 0.821 bits per heavy atom. The summed E-state index contributed by atoms with van der Waals surface area (Å²) in [6.07, 6.45) is 0.112. The van der Waals surface area contributed by atoms with E-state index in [-0.39, 0.29) is 12.5 Å². The maximum Gasteiger partial charge on any atom is 0.163 e. The molecule has 2 atom stereocenters. The normalized spacial score (nSPS) is 20.5. The standard InChI is InChI=1S/C25H28O2P/c1-25(2)26-20-21(27-25)18-19-28(22-12-6-3-7-13-22,23-14-8-4-9-15-23)24-16-10-5-11-17-24/h3-17,21H,18-20H2,1-2H3/q+1/t21-/m1/s1/i18D/t18-,21+/m0. The molecule has 0 aliphatic carbocycles. The van der Waals surface area contributed by atoms with Gasteiger partial charge in [0.05, 0.1) is 18.9 Å². The van der Waals surface area contributed by atoms with Gasteiger partial charge in [0.25, 0.3) is 0 Å². The fourth-order valence-corrected chi connectivity index (χ4v) is 8.04. The van der Waals surface area contributed by atoms with Crippen LogP contribution < -0.4 is 15.9 Å². The zero-order chi connectivity index (χ0) is 20.3. The van der Waals surface area contributed by atoms with Gasteiger partial charge in [0.15, 0.2) is 5.79 Å². The van der Waals surface area contributed by atoms with Crippen LogP contribution in [0.1, 0.15) is 21.6 Å². The van der Waals surface area contributed by atoms with E-state index >= 15 is 0 Å². The number of rotatable bonds is 6. The van der Waals surface area contributed by atoms with Gasteiger partial charge < -0.3 is 9.47 Å². The molecule has 1 fully saturated rings. The number of hydrogen-bond acceptors (Lipinski definition) is 2. The zero-order valence-corrected chi connectivity index (χ0v) is 17.4. The summed E-state index contributed by atoms with van der Waals surface area (Å²) in [5, 5.41) is 3.90. The maximum absolute atomic E-state index is 9.07. The van der Waals surface area contributed by atoms with Crippen molar-refractivity contribution in [2.24, 2.45) is 0 Å². The summed E-state index contributed by atoms with van der Waals surface area (Å²) in [4.78, 5) is 0. The Morgan fingerprint density at radius 3 is 1.61 bits per heavy atom. The Morgan fingerprint density at radius 2 is 1.25 bits per heavy atom. The minimum Gasteiger partial charge on any atom is -0.348 e. The topological polar surface area (TPSA) is 18.5 Å². The second-order valence-electron chi connectivity index (χ2n) is 7.60. The van der Waals surface area contributed by atoms with E-state index in [1.165, 1.54) is 15.9 Å². The van der Waals surface area contributed by atoms with Gasteiger partial charge in [-0.15, -0.1) is 0 Å². The second-order valence-corrected chi connectivity index (χ2v) is 11.1. The molecule has 2 nitrogen and oxygen atoms in total. The predicted molar refractivity (Wildman–Crippen MR) is 120 cm³/mol. The van der Waals surface area contributed by atoms with Crippen molar-refractivity contribution >= 4 is 23.2 Å². The average Bonchev–Trinajstić information content (AvgIpc) is 3.14. The molecular formula is C25H28O2P+. The van der Waals surface area contributed by atoms with E-state index in [1.807, 2.05) is 13.8 Å². The van der Waals surface area contributed by atoms with Crippen LogP contribution in [0.25, 0.3) is 0 Å². The highest BCUT2D eigenvalue weighted by Crippen LogP contribution is 2.56. The number of ether oxygens (including phenoxy) is 2. The molecule has 3 aromatic carbocycles. The van der Waals surface area contributed by atoms with Crippen molar-refractivity contribution < 1.29 is 10.8 Å². The Hall–Kier alpha value is -1.99. The van der Waals surface area contributed by atoms with Crippen molar-refractivity contribution in [2.45, 2.75) is 32.1 Å². The molecular weight excluding hydrogens is 363 g/mol. The van der Waals surface area contributed by atoms with Gasteiger partial charge in [0.1, 0.15) is 23.2 Å². The first-order valence-corrected chi connectivity index (χ1v) is 11.8. The quantitative estimate of drug-likeness (QED) is 0.574. The van der Waals surface area contributed by atoms with Crippen molar-refractivity contribution in [2.75, 3.05) is 12.8 Å². The highest BCUT2D eigenvalue weighted by molar-refractivity contribution is 7.95. The molecule has 4 rings (SSSR count). The largest absolute Gasteiger partial charge is 0.348 e. The summed E-state index contributed by atoms with van der Waals surface area (Å²) in [6, 6.07) is 32.1. The van der Waals surface area contributed by atoms with Gasteiger partial charge in [0.2, 0.25) is 0 Å². The Labute approximate surface area is 170 Å². The minimum absolute atomic E-state index is 0.222. The van der Waals surface area contributed by atoms with Gasteiger partial charge >= 0.3 is 0 Å². The molecule has 0 saturated carbocycles. The van der Waals surface area contributed by atoms with Crippen molar-refractivity contribution in [1.82, 2.24) is 0 Å².